The van der Waals surface area contributed by atoms with Gasteiger partial charge in [-0.3, -0.25) is 4.79 Å². The van der Waals surface area contributed by atoms with Crippen LogP contribution in [0.25, 0.3) is 11.3 Å². The lowest BCUT2D eigenvalue weighted by Gasteiger charge is -2.21. The molecule has 1 aromatic heterocycles. The molecule has 0 unspecified atom stereocenters. The summed E-state index contributed by atoms with van der Waals surface area (Å²) < 4.78 is 0. The van der Waals surface area contributed by atoms with Crippen molar-refractivity contribution >= 4 is 17.5 Å². The molecule has 2 aromatic carbocycles. The van der Waals surface area contributed by atoms with Crippen molar-refractivity contribution < 1.29 is 9.90 Å². The van der Waals surface area contributed by atoms with Gasteiger partial charge in [0.1, 0.15) is 0 Å². The van der Waals surface area contributed by atoms with Crippen molar-refractivity contribution in [2.75, 3.05) is 10.6 Å². The number of anilines is 2. The Balaban J connectivity index is 1.64. The first kappa shape index (κ1) is 17.2. The van der Waals surface area contributed by atoms with E-state index in [0.717, 1.165) is 28.1 Å². The van der Waals surface area contributed by atoms with Gasteiger partial charge >= 0.3 is 0 Å². The van der Waals surface area contributed by atoms with Crippen molar-refractivity contribution in [3.63, 3.8) is 0 Å². The number of nitrogens with zero attached hydrogens (tertiary/aromatic N) is 2. The van der Waals surface area contributed by atoms with E-state index in [1.54, 1.807) is 6.20 Å². The van der Waals surface area contributed by atoms with E-state index in [2.05, 4.69) is 20.6 Å². The van der Waals surface area contributed by atoms with Crippen LogP contribution < -0.4 is 10.6 Å². The Kier molecular flexibility index (Phi) is 4.56. The molecular formula is C21H20N4O2. The number of para-hydroxylation sites is 1. The van der Waals surface area contributed by atoms with Gasteiger partial charge in [0, 0.05) is 17.3 Å². The molecule has 0 radical (unpaired) electrons. The number of aliphatic hydroxyl groups is 1. The van der Waals surface area contributed by atoms with Gasteiger partial charge in [-0.05, 0) is 18.6 Å². The molecule has 27 heavy (non-hydrogen) atoms. The van der Waals surface area contributed by atoms with Crippen LogP contribution in [-0.2, 0) is 11.2 Å². The highest BCUT2D eigenvalue weighted by atomic mass is 16.3. The van der Waals surface area contributed by atoms with E-state index in [1.807, 2.05) is 61.5 Å². The lowest BCUT2D eigenvalue weighted by molar-refractivity contribution is -0.115. The molecule has 2 heterocycles. The number of hydrogen-bond acceptors (Lipinski definition) is 5. The lowest BCUT2D eigenvalue weighted by atomic mass is 10.0. The third-order valence-electron chi connectivity index (χ3n) is 4.64. The number of hydrogen-bond donors (Lipinski definition) is 3. The first-order chi connectivity index (χ1) is 13.1. The molecule has 2 atom stereocenters. The Labute approximate surface area is 157 Å². The van der Waals surface area contributed by atoms with Crippen LogP contribution in [0.15, 0.2) is 60.8 Å². The number of fused-ring (bicyclic) bond motifs is 3. The summed E-state index contributed by atoms with van der Waals surface area (Å²) in [6, 6.07) is 16.8. The molecule has 6 heteroatoms. The third-order valence-corrected chi connectivity index (χ3v) is 4.64. The molecule has 0 saturated carbocycles. The normalized spacial score (nSPS) is 15.0. The van der Waals surface area contributed by atoms with Gasteiger partial charge < -0.3 is 15.7 Å². The Morgan fingerprint density at radius 3 is 2.67 bits per heavy atom. The molecule has 0 aliphatic carbocycles. The van der Waals surface area contributed by atoms with Crippen LogP contribution in [0.2, 0.25) is 0 Å². The van der Waals surface area contributed by atoms with E-state index in [1.165, 1.54) is 0 Å². The van der Waals surface area contributed by atoms with Crippen molar-refractivity contribution in [2.24, 2.45) is 0 Å². The largest absolute Gasteiger partial charge is 0.386 e. The maximum atomic E-state index is 12.1. The van der Waals surface area contributed by atoms with E-state index in [9.17, 15) is 9.90 Å². The molecule has 6 nitrogen and oxygen atoms in total. The van der Waals surface area contributed by atoms with Crippen molar-refractivity contribution in [1.82, 2.24) is 9.97 Å². The van der Waals surface area contributed by atoms with Crippen molar-refractivity contribution in [2.45, 2.75) is 25.5 Å². The summed E-state index contributed by atoms with van der Waals surface area (Å²) >= 11 is 0. The fraction of sp³-hybridized carbons (Fsp3) is 0.190. The summed E-state index contributed by atoms with van der Waals surface area (Å²) in [6.45, 7) is 1.88. The van der Waals surface area contributed by atoms with Gasteiger partial charge in [-0.25, -0.2) is 9.97 Å². The zero-order valence-corrected chi connectivity index (χ0v) is 14.9. The Hall–Kier alpha value is -3.25. The van der Waals surface area contributed by atoms with Gasteiger partial charge in [0.05, 0.1) is 29.9 Å². The topological polar surface area (TPSA) is 87.1 Å². The van der Waals surface area contributed by atoms with Gasteiger partial charge in [0.25, 0.3) is 0 Å². The quantitative estimate of drug-likeness (QED) is 0.665. The maximum absolute atomic E-state index is 12.1. The molecule has 3 N–H and O–H groups in total. The molecule has 1 aliphatic rings. The molecule has 3 aromatic rings. The highest BCUT2D eigenvalue weighted by Crippen LogP contribution is 2.32. The minimum absolute atomic E-state index is 0.0848. The van der Waals surface area contributed by atoms with Crippen LogP contribution in [0.4, 0.5) is 11.6 Å². The summed E-state index contributed by atoms with van der Waals surface area (Å²) in [6.07, 6.45) is 1.21. The minimum atomic E-state index is -0.691. The maximum Gasteiger partial charge on any atom is 0.228 e. The summed E-state index contributed by atoms with van der Waals surface area (Å²) in [4.78, 5) is 21.1. The number of aromatic nitrogens is 2. The molecule has 0 spiro atoms. The number of carbonyl (C=O) groups excluding carboxylic acids is 1. The minimum Gasteiger partial charge on any atom is -0.386 e. The average molecular weight is 360 g/mol. The van der Waals surface area contributed by atoms with E-state index in [4.69, 9.17) is 0 Å². The summed E-state index contributed by atoms with van der Waals surface area (Å²) in [5.74, 6) is 0.332. The second-order valence-corrected chi connectivity index (χ2v) is 6.63. The van der Waals surface area contributed by atoms with Gasteiger partial charge in [0.2, 0.25) is 11.9 Å². The van der Waals surface area contributed by atoms with Crippen LogP contribution >= 0.6 is 0 Å². The predicted octanol–water partition coefficient (Wildman–Crippen LogP) is 3.17. The lowest BCUT2D eigenvalue weighted by Crippen LogP contribution is -2.25. The standard InChI is InChI=1S/C21H20N4O2/c1-13(20(27)14-7-3-2-4-8-14)23-21-22-12-15-11-18(26)24-17-10-6-5-9-16(17)19(15)25-21/h2-10,12-13,20,27H,11H2,1H3,(H,24,26)(H,22,23,25)/t13-,20-/m0/s1. The number of aliphatic hydroxyl groups excluding tert-OH is 1. The zero-order chi connectivity index (χ0) is 18.8. The van der Waals surface area contributed by atoms with Crippen LogP contribution in [0.3, 0.4) is 0 Å². The first-order valence-electron chi connectivity index (χ1n) is 8.86. The number of rotatable bonds is 4. The van der Waals surface area contributed by atoms with Gasteiger partial charge in [-0.1, -0.05) is 48.5 Å². The second kappa shape index (κ2) is 7.17. The molecule has 0 saturated heterocycles. The molecule has 4 rings (SSSR count). The van der Waals surface area contributed by atoms with E-state index in [-0.39, 0.29) is 18.4 Å². The highest BCUT2D eigenvalue weighted by Gasteiger charge is 2.22. The molecular weight excluding hydrogens is 340 g/mol. The van der Waals surface area contributed by atoms with Gasteiger partial charge in [0.15, 0.2) is 0 Å². The summed E-state index contributed by atoms with van der Waals surface area (Å²) in [5, 5.41) is 16.6. The molecule has 0 bridgehead atoms. The first-order valence-corrected chi connectivity index (χ1v) is 8.86. The number of nitrogens with one attached hydrogen (secondary N) is 2. The van der Waals surface area contributed by atoms with Crippen molar-refractivity contribution in [3.05, 3.63) is 71.9 Å². The second-order valence-electron chi connectivity index (χ2n) is 6.63. The van der Waals surface area contributed by atoms with Crippen molar-refractivity contribution in [3.8, 4) is 11.3 Å². The molecule has 1 amide bonds. The molecule has 1 aliphatic heterocycles. The summed E-state index contributed by atoms with van der Waals surface area (Å²) in [5.41, 5.74) is 3.93. The smallest absolute Gasteiger partial charge is 0.228 e. The Bertz CT molecular complexity index is 975. The highest BCUT2D eigenvalue weighted by molar-refractivity contribution is 5.99. The number of benzene rings is 2. The zero-order valence-electron chi connectivity index (χ0n) is 14.9. The fourth-order valence-electron chi connectivity index (χ4n) is 3.23. The summed E-state index contributed by atoms with van der Waals surface area (Å²) in [7, 11) is 0. The monoisotopic (exact) mass is 360 g/mol. The molecule has 136 valence electrons. The SMILES string of the molecule is C[C@H](Nc1ncc2c(n1)-c1ccccc1NC(=O)C2)[C@H](O)c1ccccc1. The van der Waals surface area contributed by atoms with E-state index < -0.39 is 6.10 Å². The van der Waals surface area contributed by atoms with Crippen LogP contribution in [-0.4, -0.2) is 27.0 Å². The third kappa shape index (κ3) is 3.52. The predicted molar refractivity (Wildman–Crippen MR) is 104 cm³/mol. The van der Waals surface area contributed by atoms with Gasteiger partial charge in [-0.15, -0.1) is 0 Å². The Morgan fingerprint density at radius 1 is 1.11 bits per heavy atom. The van der Waals surface area contributed by atoms with Crippen molar-refractivity contribution in [1.29, 1.82) is 0 Å². The number of carbonyl (C=O) groups is 1. The average Bonchev–Trinajstić information content (AvgIpc) is 2.83. The van der Waals surface area contributed by atoms with Crippen LogP contribution in [0.5, 0.6) is 0 Å². The Morgan fingerprint density at radius 2 is 1.85 bits per heavy atom. The van der Waals surface area contributed by atoms with Gasteiger partial charge in [-0.2, -0.15) is 0 Å². The van der Waals surface area contributed by atoms with E-state index >= 15 is 0 Å². The fourth-order valence-corrected chi connectivity index (χ4v) is 3.23. The van der Waals surface area contributed by atoms with Crippen LogP contribution in [0, 0.1) is 0 Å². The number of amides is 1. The molecule has 0 fully saturated rings. The van der Waals surface area contributed by atoms with Crippen LogP contribution in [0.1, 0.15) is 24.2 Å². The van der Waals surface area contributed by atoms with E-state index in [0.29, 0.717) is 5.95 Å².